The fraction of sp³-hybridized carbons (Fsp3) is 0.273. The van der Waals surface area contributed by atoms with Crippen LogP contribution in [0.5, 0.6) is 11.5 Å². The predicted molar refractivity (Wildman–Crippen MR) is 105 cm³/mol. The number of aliphatic hydroxyl groups excluding tert-OH is 1. The van der Waals surface area contributed by atoms with Crippen molar-refractivity contribution in [2.45, 2.75) is 26.3 Å². The van der Waals surface area contributed by atoms with E-state index in [1.807, 2.05) is 26.0 Å². The summed E-state index contributed by atoms with van der Waals surface area (Å²) in [6, 6.07) is 11.0. The molecule has 0 spiro atoms. The Morgan fingerprint density at radius 2 is 1.82 bits per heavy atom. The number of aryl methyl sites for hydroxylation is 1. The van der Waals surface area contributed by atoms with Gasteiger partial charge in [-0.25, -0.2) is 0 Å². The molecule has 1 unspecified atom stereocenters. The molecule has 1 amide bonds. The zero-order valence-electron chi connectivity index (χ0n) is 16.1. The van der Waals surface area contributed by atoms with Crippen molar-refractivity contribution in [2.75, 3.05) is 13.7 Å². The Balaban J connectivity index is 2.19. The molecule has 0 radical (unpaired) electrons. The molecule has 2 aromatic carbocycles. The van der Waals surface area contributed by atoms with Crippen molar-refractivity contribution in [1.29, 1.82) is 0 Å². The second-order valence-electron chi connectivity index (χ2n) is 6.79. The van der Waals surface area contributed by atoms with Crippen LogP contribution in [0.4, 0.5) is 0 Å². The molecule has 0 aliphatic carbocycles. The molecule has 1 saturated heterocycles. The Kier molecular flexibility index (Phi) is 5.40. The maximum atomic E-state index is 12.8. The van der Waals surface area contributed by atoms with Crippen LogP contribution in [-0.4, -0.2) is 40.5 Å². The van der Waals surface area contributed by atoms with Gasteiger partial charge in [-0.05, 0) is 31.0 Å². The normalized spacial score (nSPS) is 18.5. The van der Waals surface area contributed by atoms with Gasteiger partial charge in [0.05, 0.1) is 18.7 Å². The Labute approximate surface area is 163 Å². The lowest BCUT2D eigenvalue weighted by atomic mass is 9.94. The van der Waals surface area contributed by atoms with Gasteiger partial charge in [-0.2, -0.15) is 0 Å². The number of likely N-dealkylation sites (tertiary alicyclic amines) is 1. The number of hydrogen-bond acceptors (Lipinski definition) is 5. The van der Waals surface area contributed by atoms with Crippen LogP contribution in [-0.2, 0) is 9.59 Å². The summed E-state index contributed by atoms with van der Waals surface area (Å²) in [6.07, 6.45) is 0.649. The Hall–Kier alpha value is -3.28. The average molecular weight is 381 g/mol. The molecular formula is C22H23NO5. The standard InChI is InChI=1S/C22H23NO5/c1-4-11-23-19(15-9-10-17(28-3)16(24)12-15)18(21(26)22(23)27)20(25)14-7-5-13(2)6-8-14/h5-10,12,19,24-25H,4,11H2,1-3H3/b20-18-. The molecule has 0 aromatic heterocycles. The summed E-state index contributed by atoms with van der Waals surface area (Å²) in [5.41, 5.74) is 2.02. The van der Waals surface area contributed by atoms with Gasteiger partial charge >= 0.3 is 0 Å². The van der Waals surface area contributed by atoms with Gasteiger partial charge < -0.3 is 19.8 Å². The number of benzene rings is 2. The number of methoxy groups -OCH3 is 1. The van der Waals surface area contributed by atoms with Crippen LogP contribution in [0.25, 0.3) is 5.76 Å². The number of nitrogens with zero attached hydrogens (tertiary/aromatic N) is 1. The van der Waals surface area contributed by atoms with Crippen molar-refractivity contribution >= 4 is 17.4 Å². The zero-order valence-corrected chi connectivity index (χ0v) is 16.1. The fourth-order valence-electron chi connectivity index (χ4n) is 3.44. The zero-order chi connectivity index (χ0) is 20.4. The first-order valence-corrected chi connectivity index (χ1v) is 9.11. The molecule has 1 aliphatic heterocycles. The molecule has 28 heavy (non-hydrogen) atoms. The second-order valence-corrected chi connectivity index (χ2v) is 6.79. The number of Topliss-reactive ketones (excluding diaryl/α,β-unsaturated/α-hetero) is 1. The summed E-state index contributed by atoms with van der Waals surface area (Å²) < 4.78 is 5.08. The van der Waals surface area contributed by atoms with Crippen LogP contribution in [0.15, 0.2) is 48.0 Å². The molecular weight excluding hydrogens is 358 g/mol. The molecule has 146 valence electrons. The summed E-state index contributed by atoms with van der Waals surface area (Å²) in [6.45, 7) is 4.18. The SMILES string of the molecule is CCCN1C(=O)C(=O)/C(=C(\O)c2ccc(C)cc2)C1c1ccc(OC)c(O)c1. The Bertz CT molecular complexity index is 946. The van der Waals surface area contributed by atoms with E-state index >= 15 is 0 Å². The fourth-order valence-corrected chi connectivity index (χ4v) is 3.44. The van der Waals surface area contributed by atoms with Gasteiger partial charge in [-0.15, -0.1) is 0 Å². The maximum absolute atomic E-state index is 12.8. The van der Waals surface area contributed by atoms with Crippen molar-refractivity contribution in [2.24, 2.45) is 0 Å². The van der Waals surface area contributed by atoms with Gasteiger partial charge in [0.2, 0.25) is 0 Å². The molecule has 3 rings (SSSR count). The number of carbonyl (C=O) groups is 2. The molecule has 0 saturated carbocycles. The van der Waals surface area contributed by atoms with Gasteiger partial charge in [0.1, 0.15) is 5.76 Å². The van der Waals surface area contributed by atoms with E-state index in [9.17, 15) is 19.8 Å². The molecule has 0 bridgehead atoms. The van der Waals surface area contributed by atoms with Crippen molar-refractivity contribution in [1.82, 2.24) is 4.90 Å². The van der Waals surface area contributed by atoms with Gasteiger partial charge in [-0.1, -0.05) is 42.8 Å². The number of ketones is 1. The highest BCUT2D eigenvalue weighted by molar-refractivity contribution is 6.46. The van der Waals surface area contributed by atoms with Gasteiger partial charge in [-0.3, -0.25) is 9.59 Å². The van der Waals surface area contributed by atoms with Gasteiger partial charge in [0.25, 0.3) is 11.7 Å². The molecule has 2 aromatic rings. The number of aromatic hydroxyl groups is 1. The van der Waals surface area contributed by atoms with Gasteiger partial charge in [0, 0.05) is 12.1 Å². The molecule has 6 heteroatoms. The predicted octanol–water partition coefficient (Wildman–Crippen LogP) is 3.54. The highest BCUT2D eigenvalue weighted by atomic mass is 16.5. The molecule has 1 heterocycles. The molecule has 1 aliphatic rings. The number of aliphatic hydroxyl groups is 1. The van der Waals surface area contributed by atoms with E-state index in [0.717, 1.165) is 5.56 Å². The molecule has 1 fully saturated rings. The van der Waals surface area contributed by atoms with Crippen LogP contribution in [0.1, 0.15) is 36.1 Å². The first kappa shape index (κ1) is 19.5. The number of ether oxygens (including phenoxy) is 1. The van der Waals surface area contributed by atoms with E-state index in [-0.39, 0.29) is 22.8 Å². The number of hydrogen-bond donors (Lipinski definition) is 2. The average Bonchev–Trinajstić information content (AvgIpc) is 2.93. The largest absolute Gasteiger partial charge is 0.507 e. The first-order valence-electron chi connectivity index (χ1n) is 9.11. The monoisotopic (exact) mass is 381 g/mol. The Morgan fingerprint density at radius 3 is 2.39 bits per heavy atom. The Morgan fingerprint density at radius 1 is 1.14 bits per heavy atom. The lowest BCUT2D eigenvalue weighted by molar-refractivity contribution is -0.139. The third-order valence-corrected chi connectivity index (χ3v) is 4.85. The van der Waals surface area contributed by atoms with Crippen LogP contribution >= 0.6 is 0 Å². The van der Waals surface area contributed by atoms with Crippen LogP contribution in [0, 0.1) is 6.92 Å². The van der Waals surface area contributed by atoms with E-state index < -0.39 is 17.7 Å². The van der Waals surface area contributed by atoms with E-state index in [4.69, 9.17) is 4.74 Å². The van der Waals surface area contributed by atoms with E-state index in [1.165, 1.54) is 18.1 Å². The highest BCUT2D eigenvalue weighted by Gasteiger charge is 2.45. The number of rotatable bonds is 5. The van der Waals surface area contributed by atoms with Crippen molar-refractivity contribution in [3.63, 3.8) is 0 Å². The van der Waals surface area contributed by atoms with Crippen LogP contribution < -0.4 is 4.74 Å². The minimum absolute atomic E-state index is 0.0202. The summed E-state index contributed by atoms with van der Waals surface area (Å²) in [5, 5.41) is 21.1. The third kappa shape index (κ3) is 3.33. The minimum Gasteiger partial charge on any atom is -0.507 e. The number of phenolic OH excluding ortho intramolecular Hbond substituents is 1. The summed E-state index contributed by atoms with van der Waals surface area (Å²) >= 11 is 0. The quantitative estimate of drug-likeness (QED) is 0.470. The van der Waals surface area contributed by atoms with Crippen molar-refractivity contribution < 1.29 is 24.5 Å². The topological polar surface area (TPSA) is 87.1 Å². The number of phenols is 1. The molecule has 1 atom stereocenters. The summed E-state index contributed by atoms with van der Waals surface area (Å²) in [5.74, 6) is -1.42. The van der Waals surface area contributed by atoms with E-state index in [2.05, 4.69) is 0 Å². The maximum Gasteiger partial charge on any atom is 0.295 e. The molecule has 6 nitrogen and oxygen atoms in total. The van der Waals surface area contributed by atoms with Crippen LogP contribution in [0.3, 0.4) is 0 Å². The number of amides is 1. The van der Waals surface area contributed by atoms with E-state index in [1.54, 1.807) is 24.3 Å². The lowest BCUT2D eigenvalue weighted by Crippen LogP contribution is -2.30. The third-order valence-electron chi connectivity index (χ3n) is 4.85. The summed E-state index contributed by atoms with van der Waals surface area (Å²) in [4.78, 5) is 26.8. The van der Waals surface area contributed by atoms with Gasteiger partial charge in [0.15, 0.2) is 11.5 Å². The first-order chi connectivity index (χ1) is 13.4. The summed E-state index contributed by atoms with van der Waals surface area (Å²) in [7, 11) is 1.44. The smallest absolute Gasteiger partial charge is 0.295 e. The number of carbonyl (C=O) groups excluding carboxylic acids is 2. The lowest BCUT2D eigenvalue weighted by Gasteiger charge is -2.25. The van der Waals surface area contributed by atoms with E-state index in [0.29, 0.717) is 24.1 Å². The van der Waals surface area contributed by atoms with Crippen molar-refractivity contribution in [3.8, 4) is 11.5 Å². The van der Waals surface area contributed by atoms with Crippen LogP contribution in [0.2, 0.25) is 0 Å². The molecule has 2 N–H and O–H groups in total. The highest BCUT2D eigenvalue weighted by Crippen LogP contribution is 2.41. The minimum atomic E-state index is -0.780. The second kappa shape index (κ2) is 7.76. The van der Waals surface area contributed by atoms with Crippen molar-refractivity contribution in [3.05, 3.63) is 64.7 Å².